The maximum absolute atomic E-state index is 12.1. The van der Waals surface area contributed by atoms with E-state index in [0.29, 0.717) is 18.2 Å². The first-order valence-corrected chi connectivity index (χ1v) is 6.17. The third kappa shape index (κ3) is 2.79. The Bertz CT molecular complexity index is 430. The molecular weight excluding hydrogens is 230 g/mol. The topological polar surface area (TPSA) is 65.5 Å². The van der Waals surface area contributed by atoms with Gasteiger partial charge in [0.2, 0.25) is 0 Å². The van der Waals surface area contributed by atoms with Crippen molar-refractivity contribution in [3.05, 3.63) is 24.0 Å². The van der Waals surface area contributed by atoms with E-state index in [2.05, 4.69) is 10.3 Å². The van der Waals surface area contributed by atoms with Crippen LogP contribution in [0.3, 0.4) is 0 Å². The normalized spacial score (nSPS) is 22.2. The molecule has 1 aliphatic carbocycles. The minimum absolute atomic E-state index is 0.0755. The molecule has 1 aliphatic rings. The van der Waals surface area contributed by atoms with E-state index in [1.807, 2.05) is 13.1 Å². The fourth-order valence-corrected chi connectivity index (χ4v) is 2.22. The second-order valence-corrected chi connectivity index (χ2v) is 4.86. The zero-order valence-electron chi connectivity index (χ0n) is 10.8. The van der Waals surface area contributed by atoms with Crippen molar-refractivity contribution in [2.45, 2.75) is 18.9 Å². The highest BCUT2D eigenvalue weighted by Crippen LogP contribution is 2.27. The summed E-state index contributed by atoms with van der Waals surface area (Å²) in [5.41, 5.74) is 1.32. The first-order valence-electron chi connectivity index (χ1n) is 6.17. The molecular formula is C13H19N3O2. The summed E-state index contributed by atoms with van der Waals surface area (Å²) in [5, 5.41) is 12.2. The minimum atomic E-state index is -0.177. The molecule has 0 bridgehead atoms. The van der Waals surface area contributed by atoms with Gasteiger partial charge in [-0.2, -0.15) is 0 Å². The fraction of sp³-hybridized carbons (Fsp3) is 0.538. The van der Waals surface area contributed by atoms with Crippen molar-refractivity contribution in [1.29, 1.82) is 0 Å². The zero-order valence-corrected chi connectivity index (χ0v) is 10.8. The monoisotopic (exact) mass is 249 g/mol. The summed E-state index contributed by atoms with van der Waals surface area (Å²) in [6, 6.07) is 3.56. The van der Waals surface area contributed by atoms with E-state index >= 15 is 0 Å². The largest absolute Gasteiger partial charge is 0.393 e. The van der Waals surface area contributed by atoms with E-state index in [-0.39, 0.29) is 12.0 Å². The molecule has 5 heteroatoms. The van der Waals surface area contributed by atoms with Gasteiger partial charge < -0.3 is 15.3 Å². The summed E-state index contributed by atoms with van der Waals surface area (Å²) < 4.78 is 0. The van der Waals surface area contributed by atoms with Crippen LogP contribution in [0.4, 0.5) is 5.69 Å². The lowest BCUT2D eigenvalue weighted by Crippen LogP contribution is -2.39. The van der Waals surface area contributed by atoms with Crippen LogP contribution in [-0.2, 0) is 0 Å². The highest BCUT2D eigenvalue weighted by atomic mass is 16.3. The summed E-state index contributed by atoms with van der Waals surface area (Å²) in [6.07, 6.45) is 3.03. The third-order valence-electron chi connectivity index (χ3n) is 3.36. The first kappa shape index (κ1) is 12.8. The Kier molecular flexibility index (Phi) is 3.81. The number of carbonyl (C=O) groups is 1. The Morgan fingerprint density at radius 1 is 1.61 bits per heavy atom. The molecule has 0 aliphatic heterocycles. The average Bonchev–Trinajstić information content (AvgIpc) is 2.36. The van der Waals surface area contributed by atoms with Crippen LogP contribution in [0.1, 0.15) is 23.3 Å². The van der Waals surface area contributed by atoms with Crippen LogP contribution in [0.5, 0.6) is 0 Å². The van der Waals surface area contributed by atoms with E-state index in [1.54, 1.807) is 24.2 Å². The number of nitrogens with zero attached hydrogens (tertiary/aromatic N) is 2. The number of pyridine rings is 1. The zero-order chi connectivity index (χ0) is 13.1. The Labute approximate surface area is 107 Å². The predicted octanol–water partition coefficient (Wildman–Crippen LogP) is 0.966. The van der Waals surface area contributed by atoms with Crippen molar-refractivity contribution in [2.24, 2.45) is 5.92 Å². The van der Waals surface area contributed by atoms with Crippen molar-refractivity contribution in [1.82, 2.24) is 9.88 Å². The van der Waals surface area contributed by atoms with Gasteiger partial charge in [0, 0.05) is 32.5 Å². The molecule has 0 unspecified atom stereocenters. The van der Waals surface area contributed by atoms with Crippen LogP contribution < -0.4 is 5.32 Å². The van der Waals surface area contributed by atoms with E-state index < -0.39 is 0 Å². The Balaban J connectivity index is 1.96. The summed E-state index contributed by atoms with van der Waals surface area (Å²) in [6.45, 7) is 0.682. The number of aliphatic hydroxyl groups excluding tert-OH is 1. The summed E-state index contributed by atoms with van der Waals surface area (Å²) >= 11 is 0. The molecule has 18 heavy (non-hydrogen) atoms. The van der Waals surface area contributed by atoms with Crippen LogP contribution in [0.2, 0.25) is 0 Å². The maximum atomic E-state index is 12.1. The van der Waals surface area contributed by atoms with Gasteiger partial charge in [-0.05, 0) is 30.9 Å². The van der Waals surface area contributed by atoms with Gasteiger partial charge in [-0.3, -0.25) is 9.78 Å². The molecule has 1 fully saturated rings. The molecule has 98 valence electrons. The van der Waals surface area contributed by atoms with Gasteiger partial charge >= 0.3 is 0 Å². The standard InChI is InChI=1S/C13H19N3O2/c1-14-10-3-4-15-12(7-10)13(18)16(2)8-9-5-11(17)6-9/h3-4,7,9,11,17H,5-6,8H2,1-2H3,(H,14,15). The van der Waals surface area contributed by atoms with Crippen LogP contribution in [0.15, 0.2) is 18.3 Å². The third-order valence-corrected chi connectivity index (χ3v) is 3.36. The highest BCUT2D eigenvalue weighted by Gasteiger charge is 2.29. The van der Waals surface area contributed by atoms with Gasteiger partial charge in [-0.1, -0.05) is 0 Å². The maximum Gasteiger partial charge on any atom is 0.272 e. The summed E-state index contributed by atoms with van der Waals surface area (Å²) in [4.78, 5) is 17.9. The molecule has 1 amide bonds. The van der Waals surface area contributed by atoms with Crippen LogP contribution >= 0.6 is 0 Å². The Morgan fingerprint density at radius 2 is 2.33 bits per heavy atom. The summed E-state index contributed by atoms with van der Waals surface area (Å²) in [7, 11) is 3.59. The molecule has 2 N–H and O–H groups in total. The molecule has 0 aromatic carbocycles. The summed E-state index contributed by atoms with van der Waals surface area (Å²) in [5.74, 6) is 0.343. The van der Waals surface area contributed by atoms with E-state index in [1.165, 1.54) is 0 Å². The number of hydrogen-bond acceptors (Lipinski definition) is 4. The van der Waals surface area contributed by atoms with E-state index in [4.69, 9.17) is 0 Å². The van der Waals surface area contributed by atoms with Crippen LogP contribution in [0.25, 0.3) is 0 Å². The Morgan fingerprint density at radius 3 is 2.94 bits per heavy atom. The Hall–Kier alpha value is -1.62. The predicted molar refractivity (Wildman–Crippen MR) is 69.5 cm³/mol. The van der Waals surface area contributed by atoms with Crippen molar-refractivity contribution in [3.8, 4) is 0 Å². The van der Waals surface area contributed by atoms with Gasteiger partial charge in [0.05, 0.1) is 6.10 Å². The van der Waals surface area contributed by atoms with Gasteiger partial charge in [0.1, 0.15) is 5.69 Å². The molecule has 1 heterocycles. The van der Waals surface area contributed by atoms with Crippen LogP contribution in [0, 0.1) is 5.92 Å². The number of hydrogen-bond donors (Lipinski definition) is 2. The lowest BCUT2D eigenvalue weighted by molar-refractivity contribution is 0.0264. The van der Waals surface area contributed by atoms with E-state index in [9.17, 15) is 9.90 Å². The molecule has 0 radical (unpaired) electrons. The number of anilines is 1. The number of nitrogens with one attached hydrogen (secondary N) is 1. The lowest BCUT2D eigenvalue weighted by atomic mass is 9.82. The second-order valence-electron chi connectivity index (χ2n) is 4.86. The molecule has 5 nitrogen and oxygen atoms in total. The smallest absolute Gasteiger partial charge is 0.272 e. The van der Waals surface area contributed by atoms with Crippen LogP contribution in [-0.4, -0.2) is 47.6 Å². The second kappa shape index (κ2) is 5.35. The number of aromatic nitrogens is 1. The molecule has 0 saturated heterocycles. The SMILES string of the molecule is CNc1ccnc(C(=O)N(C)CC2CC(O)C2)c1. The number of amides is 1. The van der Waals surface area contributed by atoms with Crippen molar-refractivity contribution >= 4 is 11.6 Å². The molecule has 1 aromatic rings. The molecule has 1 saturated carbocycles. The number of rotatable bonds is 4. The molecule has 2 rings (SSSR count). The van der Waals surface area contributed by atoms with E-state index in [0.717, 1.165) is 18.5 Å². The van der Waals surface area contributed by atoms with Gasteiger partial charge in [-0.25, -0.2) is 0 Å². The average molecular weight is 249 g/mol. The minimum Gasteiger partial charge on any atom is -0.393 e. The fourth-order valence-electron chi connectivity index (χ4n) is 2.22. The van der Waals surface area contributed by atoms with Crippen molar-refractivity contribution in [2.75, 3.05) is 26.0 Å². The lowest BCUT2D eigenvalue weighted by Gasteiger charge is -2.34. The molecule has 0 spiro atoms. The van der Waals surface area contributed by atoms with Gasteiger partial charge in [0.25, 0.3) is 5.91 Å². The molecule has 0 atom stereocenters. The van der Waals surface area contributed by atoms with Gasteiger partial charge in [-0.15, -0.1) is 0 Å². The van der Waals surface area contributed by atoms with Crippen molar-refractivity contribution < 1.29 is 9.90 Å². The molecule has 1 aromatic heterocycles. The van der Waals surface area contributed by atoms with Crippen molar-refractivity contribution in [3.63, 3.8) is 0 Å². The van der Waals surface area contributed by atoms with Gasteiger partial charge in [0.15, 0.2) is 0 Å². The number of aliphatic hydroxyl groups is 1. The highest BCUT2D eigenvalue weighted by molar-refractivity contribution is 5.92. The quantitative estimate of drug-likeness (QED) is 0.834. The first-order chi connectivity index (χ1) is 8.60. The number of carbonyl (C=O) groups excluding carboxylic acids is 1.